The third kappa shape index (κ3) is 8.37. The number of fused-ring (bicyclic) bond motifs is 1. The fourth-order valence-corrected chi connectivity index (χ4v) is 4.37. The number of rotatable bonds is 9. The van der Waals surface area contributed by atoms with E-state index in [4.69, 9.17) is 18.9 Å². The molecule has 0 spiro atoms. The molecule has 2 heterocycles. The van der Waals surface area contributed by atoms with Crippen molar-refractivity contribution in [1.29, 1.82) is 0 Å². The summed E-state index contributed by atoms with van der Waals surface area (Å²) in [5.74, 6) is 0.191. The van der Waals surface area contributed by atoms with Crippen molar-refractivity contribution >= 4 is 12.2 Å². The lowest BCUT2D eigenvalue weighted by atomic mass is 10.0. The van der Waals surface area contributed by atoms with Gasteiger partial charge in [-0.25, -0.2) is 9.59 Å². The Morgan fingerprint density at radius 1 is 1.17 bits per heavy atom. The molecule has 3 rings (SSSR count). The second kappa shape index (κ2) is 12.1. The van der Waals surface area contributed by atoms with Crippen molar-refractivity contribution in [2.45, 2.75) is 77.6 Å². The van der Waals surface area contributed by atoms with Gasteiger partial charge in [0.15, 0.2) is 6.29 Å². The van der Waals surface area contributed by atoms with E-state index in [1.165, 1.54) is 4.90 Å². The second-order valence-corrected chi connectivity index (χ2v) is 10.8. The van der Waals surface area contributed by atoms with Crippen LogP contribution in [-0.2, 0) is 25.4 Å². The Bertz CT molecular complexity index is 827. The molecule has 5 atom stereocenters. The number of benzene rings is 1. The summed E-state index contributed by atoms with van der Waals surface area (Å²) in [6.45, 7) is 10.7. The predicted molar refractivity (Wildman–Crippen MR) is 130 cm³/mol. The van der Waals surface area contributed by atoms with Crippen LogP contribution in [0.4, 0.5) is 9.59 Å². The molecule has 5 unspecified atom stereocenters. The van der Waals surface area contributed by atoms with Gasteiger partial charge < -0.3 is 34.3 Å². The van der Waals surface area contributed by atoms with E-state index in [0.717, 1.165) is 12.0 Å². The van der Waals surface area contributed by atoms with Crippen LogP contribution in [0.1, 0.15) is 46.6 Å². The third-order valence-corrected chi connectivity index (χ3v) is 5.95. The van der Waals surface area contributed by atoms with Gasteiger partial charge in [0.25, 0.3) is 0 Å². The summed E-state index contributed by atoms with van der Waals surface area (Å²) in [6, 6.07) is 8.89. The minimum atomic E-state index is -1.04. The summed E-state index contributed by atoms with van der Waals surface area (Å²) in [6.07, 6.45) is -1.74. The van der Waals surface area contributed by atoms with Gasteiger partial charge in [-0.3, -0.25) is 0 Å². The van der Waals surface area contributed by atoms with Gasteiger partial charge in [0.1, 0.15) is 11.7 Å². The molecule has 1 aromatic carbocycles. The van der Waals surface area contributed by atoms with Crippen molar-refractivity contribution < 1.29 is 33.6 Å². The SMILES string of the molecule is CC(C)CN(CC(O)C(Cc1ccccc1)NC(=O)OC1COC2OCCC12)C(=O)OC(C)(C)C. The predicted octanol–water partition coefficient (Wildman–Crippen LogP) is 3.34. The fourth-order valence-electron chi connectivity index (χ4n) is 4.37. The average molecular weight is 493 g/mol. The van der Waals surface area contributed by atoms with E-state index < -0.39 is 36.0 Å². The molecule has 9 heteroatoms. The molecule has 1 aromatic rings. The van der Waals surface area contributed by atoms with Crippen LogP contribution in [0.5, 0.6) is 0 Å². The standard InChI is InChI=1S/C26H40N2O7/c1-17(2)14-28(25(31)35-26(3,4)5)15-21(29)20(13-18-9-7-6-8-10-18)27-24(30)34-22-16-33-23-19(22)11-12-32-23/h6-10,17,19-23,29H,11-16H2,1-5H3,(H,27,30). The van der Waals surface area contributed by atoms with E-state index in [-0.39, 0.29) is 31.3 Å². The highest BCUT2D eigenvalue weighted by molar-refractivity contribution is 5.69. The Morgan fingerprint density at radius 3 is 2.54 bits per heavy atom. The molecule has 0 saturated carbocycles. The first-order valence-corrected chi connectivity index (χ1v) is 12.4. The second-order valence-electron chi connectivity index (χ2n) is 10.8. The molecule has 0 aliphatic carbocycles. The number of amides is 2. The molecule has 2 aliphatic heterocycles. The number of alkyl carbamates (subject to hydrolysis) is 1. The van der Waals surface area contributed by atoms with Crippen LogP contribution < -0.4 is 5.32 Å². The maximum Gasteiger partial charge on any atom is 0.410 e. The number of hydrogen-bond donors (Lipinski definition) is 2. The highest BCUT2D eigenvalue weighted by atomic mass is 16.7. The van der Waals surface area contributed by atoms with Gasteiger partial charge in [0.05, 0.1) is 37.8 Å². The molecule has 196 valence electrons. The van der Waals surface area contributed by atoms with E-state index in [1.807, 2.05) is 44.2 Å². The van der Waals surface area contributed by atoms with Gasteiger partial charge in [0.2, 0.25) is 0 Å². The lowest BCUT2D eigenvalue weighted by molar-refractivity contribution is -0.0907. The molecule has 2 fully saturated rings. The highest BCUT2D eigenvalue weighted by Crippen LogP contribution is 2.33. The Kier molecular flexibility index (Phi) is 9.38. The summed E-state index contributed by atoms with van der Waals surface area (Å²) in [5.41, 5.74) is 0.284. The van der Waals surface area contributed by atoms with Gasteiger partial charge in [-0.05, 0) is 45.1 Å². The molecule has 0 radical (unpaired) electrons. The van der Waals surface area contributed by atoms with Crippen LogP contribution in [0.2, 0.25) is 0 Å². The molecule has 2 aliphatic rings. The van der Waals surface area contributed by atoms with Crippen LogP contribution in [0.25, 0.3) is 0 Å². The average Bonchev–Trinajstić information content (AvgIpc) is 3.37. The number of carbonyl (C=O) groups excluding carboxylic acids is 2. The van der Waals surface area contributed by atoms with E-state index >= 15 is 0 Å². The number of carbonyl (C=O) groups is 2. The fraction of sp³-hybridized carbons (Fsp3) is 0.692. The Labute approximate surface area is 208 Å². The minimum Gasteiger partial charge on any atom is -0.444 e. The van der Waals surface area contributed by atoms with Crippen LogP contribution in [0, 0.1) is 11.8 Å². The zero-order chi connectivity index (χ0) is 25.6. The summed E-state index contributed by atoms with van der Waals surface area (Å²) >= 11 is 0. The number of nitrogens with zero attached hydrogens (tertiary/aromatic N) is 1. The third-order valence-electron chi connectivity index (χ3n) is 5.95. The number of hydrogen-bond acceptors (Lipinski definition) is 7. The molecule has 0 bridgehead atoms. The first-order valence-electron chi connectivity index (χ1n) is 12.4. The summed E-state index contributed by atoms with van der Waals surface area (Å²) < 4.78 is 22.3. The lowest BCUT2D eigenvalue weighted by Gasteiger charge is -2.32. The molecular weight excluding hydrogens is 452 g/mol. The van der Waals surface area contributed by atoms with E-state index in [9.17, 15) is 14.7 Å². The molecule has 2 saturated heterocycles. The van der Waals surface area contributed by atoms with Crippen LogP contribution >= 0.6 is 0 Å². The Balaban J connectivity index is 1.69. The maximum atomic E-state index is 12.8. The Hall–Kier alpha value is -2.36. The smallest absolute Gasteiger partial charge is 0.410 e. The quantitative estimate of drug-likeness (QED) is 0.545. The molecule has 0 aromatic heterocycles. The monoisotopic (exact) mass is 492 g/mol. The summed E-state index contributed by atoms with van der Waals surface area (Å²) in [5, 5.41) is 14.0. The van der Waals surface area contributed by atoms with E-state index in [2.05, 4.69) is 5.32 Å². The zero-order valence-corrected chi connectivity index (χ0v) is 21.4. The normalized spacial score (nSPS) is 23.5. The number of ether oxygens (including phenoxy) is 4. The zero-order valence-electron chi connectivity index (χ0n) is 21.4. The van der Waals surface area contributed by atoms with Crippen molar-refractivity contribution in [2.24, 2.45) is 11.8 Å². The molecular formula is C26H40N2O7. The topological polar surface area (TPSA) is 107 Å². The maximum absolute atomic E-state index is 12.8. The Morgan fingerprint density at radius 2 is 1.89 bits per heavy atom. The number of aliphatic hydroxyl groups excluding tert-OH is 1. The number of nitrogens with one attached hydrogen (secondary N) is 1. The lowest BCUT2D eigenvalue weighted by Crippen LogP contribution is -2.52. The first kappa shape index (κ1) is 27.2. The van der Waals surface area contributed by atoms with Crippen molar-refractivity contribution in [3.63, 3.8) is 0 Å². The number of aliphatic hydroxyl groups is 1. The summed E-state index contributed by atoms with van der Waals surface area (Å²) in [4.78, 5) is 27.2. The van der Waals surface area contributed by atoms with Crippen molar-refractivity contribution in [3.05, 3.63) is 35.9 Å². The molecule has 9 nitrogen and oxygen atoms in total. The molecule has 2 amide bonds. The van der Waals surface area contributed by atoms with Crippen LogP contribution in [0.3, 0.4) is 0 Å². The van der Waals surface area contributed by atoms with Gasteiger partial charge in [-0.1, -0.05) is 44.2 Å². The van der Waals surface area contributed by atoms with E-state index in [1.54, 1.807) is 20.8 Å². The van der Waals surface area contributed by atoms with Gasteiger partial charge in [0, 0.05) is 6.54 Å². The van der Waals surface area contributed by atoms with Gasteiger partial charge >= 0.3 is 12.2 Å². The minimum absolute atomic E-state index is 0.00987. The van der Waals surface area contributed by atoms with Crippen molar-refractivity contribution in [2.75, 3.05) is 26.3 Å². The van der Waals surface area contributed by atoms with E-state index in [0.29, 0.717) is 19.6 Å². The molecule has 35 heavy (non-hydrogen) atoms. The first-order chi connectivity index (χ1) is 16.5. The molecule has 2 N–H and O–H groups in total. The van der Waals surface area contributed by atoms with Crippen molar-refractivity contribution in [1.82, 2.24) is 10.2 Å². The summed E-state index contributed by atoms with van der Waals surface area (Å²) in [7, 11) is 0. The van der Waals surface area contributed by atoms with Crippen LogP contribution in [0.15, 0.2) is 30.3 Å². The van der Waals surface area contributed by atoms with Crippen LogP contribution in [-0.4, -0.2) is 78.6 Å². The van der Waals surface area contributed by atoms with Gasteiger partial charge in [-0.2, -0.15) is 0 Å². The van der Waals surface area contributed by atoms with Gasteiger partial charge in [-0.15, -0.1) is 0 Å². The highest BCUT2D eigenvalue weighted by Gasteiger charge is 2.44. The largest absolute Gasteiger partial charge is 0.444 e. The van der Waals surface area contributed by atoms with Crippen molar-refractivity contribution in [3.8, 4) is 0 Å².